The zero-order valence-corrected chi connectivity index (χ0v) is 16.8. The van der Waals surface area contributed by atoms with Crippen LogP contribution in [0.15, 0.2) is 4.99 Å². The molecule has 1 N–H and O–H groups in total. The van der Waals surface area contributed by atoms with Crippen molar-refractivity contribution in [1.29, 1.82) is 0 Å². The summed E-state index contributed by atoms with van der Waals surface area (Å²) in [5, 5.41) is 2.96. The maximum atomic E-state index is 12.9. The first-order valence-corrected chi connectivity index (χ1v) is 10.3. The van der Waals surface area contributed by atoms with Crippen LogP contribution in [-0.4, -0.2) is 65.1 Å². The average molecular weight is 377 g/mol. The quantitative estimate of drug-likeness (QED) is 0.791. The van der Waals surface area contributed by atoms with Gasteiger partial charge in [0.05, 0.1) is 5.92 Å². The first-order chi connectivity index (χ1) is 12.8. The minimum absolute atomic E-state index is 0.00576. The highest BCUT2D eigenvalue weighted by atomic mass is 16.2. The summed E-state index contributed by atoms with van der Waals surface area (Å²) in [6, 6.07) is 0. The van der Waals surface area contributed by atoms with Gasteiger partial charge in [0.25, 0.3) is 5.91 Å². The fraction of sp³-hybridized carbons (Fsp3) is 0.800. The summed E-state index contributed by atoms with van der Waals surface area (Å²) in [7, 11) is 0. The van der Waals surface area contributed by atoms with Crippen LogP contribution in [-0.2, 0) is 14.4 Å². The summed E-state index contributed by atoms with van der Waals surface area (Å²) in [5.74, 6) is 1.53. The van der Waals surface area contributed by atoms with Crippen LogP contribution < -0.4 is 5.32 Å². The Morgan fingerprint density at radius 1 is 1.30 bits per heavy atom. The first-order valence-electron chi connectivity index (χ1n) is 10.3. The fourth-order valence-electron chi connectivity index (χ4n) is 4.24. The molecule has 3 aliphatic rings. The molecule has 1 atom stereocenters. The van der Waals surface area contributed by atoms with Gasteiger partial charge in [-0.3, -0.25) is 19.4 Å². The second kappa shape index (κ2) is 7.98. The molecule has 7 nitrogen and oxygen atoms in total. The van der Waals surface area contributed by atoms with E-state index >= 15 is 0 Å². The van der Waals surface area contributed by atoms with Gasteiger partial charge in [-0.2, -0.15) is 0 Å². The van der Waals surface area contributed by atoms with Gasteiger partial charge >= 0.3 is 0 Å². The van der Waals surface area contributed by atoms with E-state index in [4.69, 9.17) is 4.99 Å². The SMILES string of the molecule is CCN1C[C@H](C(=O)N2CCC3(CC2)N=C(CCC(C)C)NC3=O)CCC1=O. The van der Waals surface area contributed by atoms with Crippen molar-refractivity contribution in [3.05, 3.63) is 0 Å². The summed E-state index contributed by atoms with van der Waals surface area (Å²) >= 11 is 0. The summed E-state index contributed by atoms with van der Waals surface area (Å²) in [5.41, 5.74) is -0.679. The second-order valence-corrected chi connectivity index (χ2v) is 8.47. The Hall–Kier alpha value is -1.92. The Morgan fingerprint density at radius 2 is 2.00 bits per heavy atom. The van der Waals surface area contributed by atoms with Gasteiger partial charge in [-0.25, -0.2) is 0 Å². The van der Waals surface area contributed by atoms with E-state index in [2.05, 4.69) is 19.2 Å². The third kappa shape index (κ3) is 4.17. The molecule has 7 heteroatoms. The third-order valence-electron chi connectivity index (χ3n) is 6.12. The molecule has 0 unspecified atom stereocenters. The molecule has 2 fully saturated rings. The van der Waals surface area contributed by atoms with Crippen LogP contribution in [0.4, 0.5) is 0 Å². The molecule has 0 aromatic carbocycles. The number of aliphatic imine (C=N–C) groups is 1. The van der Waals surface area contributed by atoms with Crippen LogP contribution in [0.1, 0.15) is 59.3 Å². The van der Waals surface area contributed by atoms with Crippen molar-refractivity contribution in [1.82, 2.24) is 15.1 Å². The lowest BCUT2D eigenvalue weighted by Crippen LogP contribution is -2.53. The normalized spacial score (nSPS) is 25.2. The van der Waals surface area contributed by atoms with Crippen molar-refractivity contribution < 1.29 is 14.4 Å². The number of carbonyl (C=O) groups is 3. The Labute approximate surface area is 161 Å². The fourth-order valence-corrected chi connectivity index (χ4v) is 4.24. The number of amides is 3. The summed E-state index contributed by atoms with van der Waals surface area (Å²) in [4.78, 5) is 45.7. The number of nitrogens with zero attached hydrogens (tertiary/aromatic N) is 3. The van der Waals surface area contributed by atoms with Gasteiger partial charge in [-0.15, -0.1) is 0 Å². The van der Waals surface area contributed by atoms with Gasteiger partial charge in [0.15, 0.2) is 0 Å². The van der Waals surface area contributed by atoms with Crippen LogP contribution in [0.5, 0.6) is 0 Å². The number of hydrogen-bond donors (Lipinski definition) is 1. The monoisotopic (exact) mass is 376 g/mol. The highest BCUT2D eigenvalue weighted by Gasteiger charge is 2.46. The average Bonchev–Trinajstić information content (AvgIpc) is 2.96. The lowest BCUT2D eigenvalue weighted by molar-refractivity contribution is -0.145. The van der Waals surface area contributed by atoms with E-state index in [1.807, 2.05) is 11.8 Å². The van der Waals surface area contributed by atoms with Gasteiger partial charge < -0.3 is 15.1 Å². The maximum Gasteiger partial charge on any atom is 0.253 e. The standard InChI is InChI=1S/C20H32N4O3/c1-4-23-13-15(6-8-17(23)25)18(26)24-11-9-20(10-12-24)19(27)21-16(22-20)7-5-14(2)3/h14-15H,4-13H2,1-3H3,(H,21,22,27)/t15-/m1/s1. The molecule has 3 aliphatic heterocycles. The lowest BCUT2D eigenvalue weighted by atomic mass is 9.87. The zero-order valence-electron chi connectivity index (χ0n) is 16.8. The van der Waals surface area contributed by atoms with Crippen LogP contribution >= 0.6 is 0 Å². The van der Waals surface area contributed by atoms with Crippen molar-refractivity contribution in [2.45, 2.75) is 64.8 Å². The molecular formula is C20H32N4O3. The maximum absolute atomic E-state index is 12.9. The van der Waals surface area contributed by atoms with Crippen molar-refractivity contribution in [3.63, 3.8) is 0 Å². The molecule has 0 bridgehead atoms. The Morgan fingerprint density at radius 3 is 2.63 bits per heavy atom. The summed E-state index contributed by atoms with van der Waals surface area (Å²) in [6.07, 6.45) is 4.06. The molecule has 3 heterocycles. The van der Waals surface area contributed by atoms with Crippen LogP contribution in [0.3, 0.4) is 0 Å². The number of carbonyl (C=O) groups excluding carboxylic acids is 3. The molecule has 0 saturated carbocycles. The van der Waals surface area contributed by atoms with Gasteiger partial charge in [0.1, 0.15) is 11.4 Å². The largest absolute Gasteiger partial charge is 0.342 e. The van der Waals surface area contributed by atoms with Crippen LogP contribution in [0, 0.1) is 11.8 Å². The van der Waals surface area contributed by atoms with E-state index in [-0.39, 0.29) is 23.6 Å². The third-order valence-corrected chi connectivity index (χ3v) is 6.12. The Balaban J connectivity index is 1.57. The van der Waals surface area contributed by atoms with Gasteiger partial charge in [0, 0.05) is 39.0 Å². The van der Waals surface area contributed by atoms with Gasteiger partial charge in [0.2, 0.25) is 11.8 Å². The molecule has 2 saturated heterocycles. The molecule has 0 aliphatic carbocycles. The predicted octanol–water partition coefficient (Wildman–Crippen LogP) is 1.57. The highest BCUT2D eigenvalue weighted by molar-refractivity contribution is 6.08. The van der Waals surface area contributed by atoms with Crippen molar-refractivity contribution in [2.24, 2.45) is 16.8 Å². The topological polar surface area (TPSA) is 82.1 Å². The molecular weight excluding hydrogens is 344 g/mol. The first kappa shape index (κ1) is 19.8. The number of likely N-dealkylation sites (tertiary alicyclic amines) is 2. The second-order valence-electron chi connectivity index (χ2n) is 8.47. The Kier molecular flexibility index (Phi) is 5.86. The molecule has 3 rings (SSSR count). The van der Waals surface area contributed by atoms with Crippen molar-refractivity contribution in [2.75, 3.05) is 26.2 Å². The van der Waals surface area contributed by atoms with E-state index in [0.717, 1.165) is 18.7 Å². The molecule has 1 spiro atoms. The molecule has 27 heavy (non-hydrogen) atoms. The molecule has 3 amide bonds. The van der Waals surface area contributed by atoms with Gasteiger partial charge in [-0.1, -0.05) is 13.8 Å². The zero-order chi connectivity index (χ0) is 19.6. The molecule has 150 valence electrons. The number of nitrogens with one attached hydrogen (secondary N) is 1. The smallest absolute Gasteiger partial charge is 0.253 e. The predicted molar refractivity (Wildman–Crippen MR) is 103 cm³/mol. The van der Waals surface area contributed by atoms with Crippen molar-refractivity contribution in [3.8, 4) is 0 Å². The van der Waals surface area contributed by atoms with Crippen LogP contribution in [0.2, 0.25) is 0 Å². The van der Waals surface area contributed by atoms with E-state index in [0.29, 0.717) is 57.8 Å². The summed E-state index contributed by atoms with van der Waals surface area (Å²) in [6.45, 7) is 8.56. The lowest BCUT2D eigenvalue weighted by Gasteiger charge is -2.39. The van der Waals surface area contributed by atoms with Crippen LogP contribution in [0.25, 0.3) is 0 Å². The summed E-state index contributed by atoms with van der Waals surface area (Å²) < 4.78 is 0. The molecule has 0 aromatic rings. The molecule has 0 aromatic heterocycles. The number of hydrogen-bond acceptors (Lipinski definition) is 4. The van der Waals surface area contributed by atoms with Crippen molar-refractivity contribution >= 4 is 23.6 Å². The Bertz CT molecular complexity index is 635. The highest BCUT2D eigenvalue weighted by Crippen LogP contribution is 2.32. The van der Waals surface area contributed by atoms with Gasteiger partial charge in [-0.05, 0) is 38.5 Å². The molecule has 0 radical (unpaired) electrons. The number of amidine groups is 1. The van der Waals surface area contributed by atoms with E-state index in [9.17, 15) is 14.4 Å². The van der Waals surface area contributed by atoms with E-state index < -0.39 is 5.54 Å². The minimum atomic E-state index is -0.679. The number of piperidine rings is 2. The number of rotatable bonds is 5. The van der Waals surface area contributed by atoms with E-state index in [1.165, 1.54) is 0 Å². The van der Waals surface area contributed by atoms with E-state index in [1.54, 1.807) is 4.90 Å². The minimum Gasteiger partial charge on any atom is -0.342 e.